The van der Waals surface area contributed by atoms with Gasteiger partial charge in [0.15, 0.2) is 0 Å². The first kappa shape index (κ1) is 21.3. The van der Waals surface area contributed by atoms with Crippen molar-refractivity contribution in [2.75, 3.05) is 26.2 Å². The summed E-state index contributed by atoms with van der Waals surface area (Å²) < 4.78 is 0. The highest BCUT2D eigenvalue weighted by molar-refractivity contribution is 6.43. The third-order valence-corrected chi connectivity index (χ3v) is 5.27. The fourth-order valence-electron chi connectivity index (χ4n) is 3.49. The van der Waals surface area contributed by atoms with E-state index in [-0.39, 0.29) is 18.1 Å². The molecule has 29 heavy (non-hydrogen) atoms. The summed E-state index contributed by atoms with van der Waals surface area (Å²) in [4.78, 5) is 14.9. The normalized spacial score (nSPS) is 15.7. The van der Waals surface area contributed by atoms with Crippen LogP contribution in [0.25, 0.3) is 0 Å². The quantitative estimate of drug-likeness (QED) is 0.435. The van der Waals surface area contributed by atoms with E-state index in [0.717, 1.165) is 38.3 Å². The van der Waals surface area contributed by atoms with Crippen LogP contribution in [0.2, 0.25) is 0 Å². The van der Waals surface area contributed by atoms with Gasteiger partial charge in [-0.3, -0.25) is 9.69 Å². The molecule has 1 amide bonds. The molecular formula is C21H28BN3O4. The second-order valence-corrected chi connectivity index (χ2v) is 7.50. The summed E-state index contributed by atoms with van der Waals surface area (Å²) in [6.07, 6.45) is 0.109. The minimum absolute atomic E-state index is 0.102. The molecule has 1 aliphatic rings. The molecule has 5 N–H and O–H groups in total. The monoisotopic (exact) mass is 397 g/mol. The average Bonchev–Trinajstić information content (AvgIpc) is 2.72. The Morgan fingerprint density at radius 2 is 1.86 bits per heavy atom. The van der Waals surface area contributed by atoms with E-state index in [1.165, 1.54) is 0 Å². The first-order valence-electron chi connectivity index (χ1n) is 9.90. The van der Waals surface area contributed by atoms with Crippen molar-refractivity contribution < 1.29 is 19.9 Å². The Balaban J connectivity index is 1.62. The number of hydrogen-bond acceptors (Lipinski definition) is 6. The van der Waals surface area contributed by atoms with Crippen LogP contribution >= 0.6 is 0 Å². The molecule has 1 fully saturated rings. The molecule has 1 atom stereocenters. The average molecular weight is 397 g/mol. The number of aromatic hydroxyl groups is 1. The van der Waals surface area contributed by atoms with Gasteiger partial charge in [-0.2, -0.15) is 0 Å². The van der Waals surface area contributed by atoms with Crippen molar-refractivity contribution in [2.24, 2.45) is 0 Å². The number of carbonyl (C=O) groups is 1. The molecule has 0 saturated carbocycles. The molecule has 2 aromatic carbocycles. The number of rotatable bonds is 7. The third-order valence-electron chi connectivity index (χ3n) is 5.27. The minimum atomic E-state index is -1.74. The summed E-state index contributed by atoms with van der Waals surface area (Å²) in [5.74, 6) is -1.22. The van der Waals surface area contributed by atoms with Gasteiger partial charge < -0.3 is 25.8 Å². The van der Waals surface area contributed by atoms with Crippen molar-refractivity contribution >= 4 is 13.0 Å². The molecule has 0 unspecified atom stereocenters. The highest BCUT2D eigenvalue weighted by Crippen LogP contribution is 2.23. The van der Waals surface area contributed by atoms with Crippen LogP contribution in [0, 0.1) is 6.92 Å². The van der Waals surface area contributed by atoms with Crippen LogP contribution in [0.5, 0.6) is 5.75 Å². The topological polar surface area (TPSA) is 105 Å². The molecule has 1 heterocycles. The number of para-hydroxylation sites is 1. The Kier molecular flexibility index (Phi) is 7.27. The van der Waals surface area contributed by atoms with Gasteiger partial charge >= 0.3 is 7.12 Å². The zero-order chi connectivity index (χ0) is 20.8. The highest BCUT2D eigenvalue weighted by Gasteiger charge is 2.27. The van der Waals surface area contributed by atoms with Crippen LogP contribution in [0.3, 0.4) is 0 Å². The first-order valence-corrected chi connectivity index (χ1v) is 9.90. The van der Waals surface area contributed by atoms with Gasteiger partial charge in [0.2, 0.25) is 0 Å². The predicted molar refractivity (Wildman–Crippen MR) is 113 cm³/mol. The number of benzene rings is 2. The fourth-order valence-corrected chi connectivity index (χ4v) is 3.49. The second-order valence-electron chi connectivity index (χ2n) is 7.50. The molecule has 0 bridgehead atoms. The van der Waals surface area contributed by atoms with Gasteiger partial charge in [-0.05, 0) is 42.2 Å². The lowest BCUT2D eigenvalue weighted by molar-refractivity contribution is 0.0942. The number of phenols is 1. The van der Waals surface area contributed by atoms with Crippen molar-refractivity contribution in [3.8, 4) is 5.75 Å². The number of hydrogen-bond donors (Lipinski definition) is 5. The van der Waals surface area contributed by atoms with Crippen molar-refractivity contribution in [2.45, 2.75) is 25.8 Å². The number of nitrogens with one attached hydrogen (secondary N) is 2. The largest absolute Gasteiger partial charge is 0.507 e. The first-order chi connectivity index (χ1) is 13.9. The molecule has 7 nitrogen and oxygen atoms in total. The molecule has 1 aliphatic heterocycles. The molecule has 1 saturated heterocycles. The number of amides is 1. The number of piperazine rings is 1. The number of phenolic OH excluding ortho intramolecular Hbond substituents is 1. The third kappa shape index (κ3) is 5.80. The van der Waals surface area contributed by atoms with Crippen LogP contribution in [0.4, 0.5) is 0 Å². The fraction of sp³-hybridized carbons (Fsp3) is 0.381. The van der Waals surface area contributed by atoms with Crippen LogP contribution in [0.15, 0.2) is 42.5 Å². The SMILES string of the molecule is Cc1cccc(C[C@H](NC(=O)c2ccc(CN3CCNCC3)cc2)B(O)O)c1O. The van der Waals surface area contributed by atoms with Crippen molar-refractivity contribution in [3.05, 3.63) is 64.7 Å². The zero-order valence-electron chi connectivity index (χ0n) is 16.6. The Hall–Kier alpha value is -2.39. The van der Waals surface area contributed by atoms with E-state index in [2.05, 4.69) is 15.5 Å². The van der Waals surface area contributed by atoms with E-state index >= 15 is 0 Å². The van der Waals surface area contributed by atoms with Gasteiger partial charge in [-0.15, -0.1) is 0 Å². The van der Waals surface area contributed by atoms with E-state index in [4.69, 9.17) is 0 Å². The van der Waals surface area contributed by atoms with Gasteiger partial charge in [-0.25, -0.2) is 0 Å². The van der Waals surface area contributed by atoms with Crippen LogP contribution < -0.4 is 10.6 Å². The lowest BCUT2D eigenvalue weighted by Gasteiger charge is -2.27. The lowest BCUT2D eigenvalue weighted by atomic mass is 9.75. The van der Waals surface area contributed by atoms with Crippen molar-refractivity contribution in [1.82, 2.24) is 15.5 Å². The predicted octanol–water partition coefficient (Wildman–Crippen LogP) is 0.459. The molecule has 0 aliphatic carbocycles. The Morgan fingerprint density at radius 3 is 2.52 bits per heavy atom. The minimum Gasteiger partial charge on any atom is -0.507 e. The summed E-state index contributed by atoms with van der Waals surface area (Å²) in [5.41, 5.74) is 2.83. The maximum absolute atomic E-state index is 12.6. The second kappa shape index (κ2) is 9.89. The molecule has 154 valence electrons. The maximum Gasteiger partial charge on any atom is 0.475 e. The van der Waals surface area contributed by atoms with E-state index in [9.17, 15) is 19.9 Å². The Morgan fingerprint density at radius 1 is 1.17 bits per heavy atom. The lowest BCUT2D eigenvalue weighted by Crippen LogP contribution is -2.47. The van der Waals surface area contributed by atoms with Crippen LogP contribution in [-0.4, -0.2) is 65.2 Å². The molecule has 0 radical (unpaired) electrons. The van der Waals surface area contributed by atoms with Crippen LogP contribution in [0.1, 0.15) is 27.0 Å². The standard InChI is InChI=1S/C21H28BN3O4/c1-15-3-2-4-18(20(15)26)13-19(22(28)29)24-21(27)17-7-5-16(6-8-17)14-25-11-9-23-10-12-25/h2-8,19,23,26,28-29H,9-14H2,1H3,(H,24,27)/t19-/m0/s1. The summed E-state index contributed by atoms with van der Waals surface area (Å²) in [5, 5.41) is 35.6. The van der Waals surface area contributed by atoms with Gasteiger partial charge in [0.05, 0.1) is 5.94 Å². The summed E-state index contributed by atoms with van der Waals surface area (Å²) in [6.45, 7) is 6.59. The van der Waals surface area contributed by atoms with E-state index in [1.54, 1.807) is 37.3 Å². The number of nitrogens with zero attached hydrogens (tertiary/aromatic N) is 1. The van der Waals surface area contributed by atoms with E-state index in [1.807, 2.05) is 12.1 Å². The smallest absolute Gasteiger partial charge is 0.475 e. The van der Waals surface area contributed by atoms with Gasteiger partial charge in [0.25, 0.3) is 5.91 Å². The van der Waals surface area contributed by atoms with Crippen molar-refractivity contribution in [3.63, 3.8) is 0 Å². The molecule has 3 rings (SSSR count). The van der Waals surface area contributed by atoms with E-state index in [0.29, 0.717) is 16.7 Å². The van der Waals surface area contributed by atoms with Gasteiger partial charge in [0.1, 0.15) is 5.75 Å². The highest BCUT2D eigenvalue weighted by atomic mass is 16.4. The molecule has 8 heteroatoms. The zero-order valence-corrected chi connectivity index (χ0v) is 16.6. The number of aryl methyl sites for hydroxylation is 1. The van der Waals surface area contributed by atoms with Crippen LogP contribution in [-0.2, 0) is 13.0 Å². The summed E-state index contributed by atoms with van der Waals surface area (Å²) >= 11 is 0. The van der Waals surface area contributed by atoms with Crippen molar-refractivity contribution in [1.29, 1.82) is 0 Å². The summed E-state index contributed by atoms with van der Waals surface area (Å²) in [6, 6.07) is 12.6. The number of carbonyl (C=O) groups excluding carboxylic acids is 1. The molecular weight excluding hydrogens is 369 g/mol. The Labute approximate surface area is 171 Å². The molecule has 0 spiro atoms. The van der Waals surface area contributed by atoms with E-state index < -0.39 is 13.1 Å². The van der Waals surface area contributed by atoms with Gasteiger partial charge in [0, 0.05) is 38.3 Å². The maximum atomic E-state index is 12.6. The summed E-state index contributed by atoms with van der Waals surface area (Å²) in [7, 11) is -1.74. The Bertz CT molecular complexity index is 823. The van der Waals surface area contributed by atoms with Gasteiger partial charge in [-0.1, -0.05) is 30.3 Å². The molecule has 0 aromatic heterocycles. The molecule has 2 aromatic rings.